The molecule has 0 bridgehead atoms. The van der Waals surface area contributed by atoms with Crippen LogP contribution in [0.25, 0.3) is 0 Å². The lowest BCUT2D eigenvalue weighted by molar-refractivity contribution is -0.117. The Bertz CT molecular complexity index is 439. The van der Waals surface area contributed by atoms with Crippen LogP contribution >= 0.6 is 0 Å². The number of nitrogens with zero attached hydrogens (tertiary/aromatic N) is 3. The molecule has 4 heteroatoms. The molecule has 1 aliphatic heterocycles. The second-order valence-electron chi connectivity index (χ2n) is 6.41. The summed E-state index contributed by atoms with van der Waals surface area (Å²) in [5.74, 6) is 1.50. The first-order valence-corrected chi connectivity index (χ1v) is 7.78. The van der Waals surface area contributed by atoms with Crippen molar-refractivity contribution in [3.05, 3.63) is 18.0 Å². The zero-order valence-corrected chi connectivity index (χ0v) is 13.0. The van der Waals surface area contributed by atoms with E-state index in [0.717, 1.165) is 26.2 Å². The maximum Gasteiger partial charge on any atom is 0.131 e. The second-order valence-corrected chi connectivity index (χ2v) is 6.41. The molecule has 4 nitrogen and oxygen atoms in total. The summed E-state index contributed by atoms with van der Waals surface area (Å²) in [5, 5.41) is 4.47. The third-order valence-electron chi connectivity index (χ3n) is 4.15. The van der Waals surface area contributed by atoms with Gasteiger partial charge in [-0.3, -0.25) is 9.48 Å². The first kappa shape index (κ1) is 15.2. The third-order valence-corrected chi connectivity index (χ3v) is 4.15. The smallest absolute Gasteiger partial charge is 0.131 e. The fourth-order valence-electron chi connectivity index (χ4n) is 2.86. The normalized spacial score (nSPS) is 20.5. The van der Waals surface area contributed by atoms with E-state index < -0.39 is 0 Å². The number of Topliss-reactive ketones (excluding diaryl/α,β-unsaturated/α-hetero) is 1. The van der Waals surface area contributed by atoms with Gasteiger partial charge in [-0.1, -0.05) is 13.8 Å². The number of carbonyl (C=O) groups excluding carboxylic acids is 1. The van der Waals surface area contributed by atoms with Gasteiger partial charge in [-0.25, -0.2) is 0 Å². The quantitative estimate of drug-likeness (QED) is 0.802. The summed E-state index contributed by atoms with van der Waals surface area (Å²) in [6, 6.07) is 0. The number of rotatable bonds is 6. The Balaban J connectivity index is 1.84. The highest BCUT2D eigenvalue weighted by molar-refractivity contribution is 5.75. The van der Waals surface area contributed by atoms with Gasteiger partial charge < -0.3 is 4.90 Å². The molecule has 1 aromatic heterocycles. The monoisotopic (exact) mass is 277 g/mol. The van der Waals surface area contributed by atoms with Crippen LogP contribution in [-0.2, 0) is 11.3 Å². The first-order valence-electron chi connectivity index (χ1n) is 7.78. The molecule has 0 spiro atoms. The second kappa shape index (κ2) is 7.02. The minimum Gasteiger partial charge on any atom is -0.303 e. The van der Waals surface area contributed by atoms with E-state index in [0.29, 0.717) is 24.0 Å². The van der Waals surface area contributed by atoms with Crippen LogP contribution in [-0.4, -0.2) is 40.1 Å². The van der Waals surface area contributed by atoms with Gasteiger partial charge >= 0.3 is 0 Å². The number of ketones is 1. The van der Waals surface area contributed by atoms with Crippen LogP contribution in [0, 0.1) is 5.92 Å². The van der Waals surface area contributed by atoms with Crippen LogP contribution in [0.15, 0.2) is 12.4 Å². The van der Waals surface area contributed by atoms with Gasteiger partial charge in [0, 0.05) is 32.3 Å². The van der Waals surface area contributed by atoms with Gasteiger partial charge in [-0.2, -0.15) is 5.10 Å². The van der Waals surface area contributed by atoms with E-state index in [1.54, 1.807) is 6.92 Å². The maximum absolute atomic E-state index is 11.1. The molecule has 0 N–H and O–H groups in total. The van der Waals surface area contributed by atoms with Gasteiger partial charge in [-0.05, 0) is 43.7 Å². The minimum atomic E-state index is 0.292. The van der Waals surface area contributed by atoms with Gasteiger partial charge in [0.1, 0.15) is 5.78 Å². The predicted octanol–water partition coefficient (Wildman–Crippen LogP) is 2.70. The Morgan fingerprint density at radius 2 is 2.30 bits per heavy atom. The molecule has 2 heterocycles. The number of carbonyl (C=O) groups is 1. The minimum absolute atomic E-state index is 0.292. The summed E-state index contributed by atoms with van der Waals surface area (Å²) in [6.45, 7) is 10.2. The fourth-order valence-corrected chi connectivity index (χ4v) is 2.86. The molecule has 1 fully saturated rings. The van der Waals surface area contributed by atoms with Gasteiger partial charge in [-0.15, -0.1) is 0 Å². The van der Waals surface area contributed by atoms with Gasteiger partial charge in [0.05, 0.1) is 6.20 Å². The molecule has 20 heavy (non-hydrogen) atoms. The first-order chi connectivity index (χ1) is 9.54. The van der Waals surface area contributed by atoms with E-state index in [1.165, 1.54) is 18.4 Å². The zero-order valence-electron chi connectivity index (χ0n) is 13.0. The lowest BCUT2D eigenvalue weighted by Crippen LogP contribution is -2.38. The summed E-state index contributed by atoms with van der Waals surface area (Å²) < 4.78 is 2.09. The SMILES string of the molecule is CC(=O)CCN1CCC[C@@H](Cn2cc(C(C)C)cn2)C1. The summed E-state index contributed by atoms with van der Waals surface area (Å²) in [5.41, 5.74) is 1.31. The molecular weight excluding hydrogens is 250 g/mol. The number of likely N-dealkylation sites (tertiary alicyclic amines) is 1. The highest BCUT2D eigenvalue weighted by atomic mass is 16.1. The van der Waals surface area contributed by atoms with Crippen molar-refractivity contribution >= 4 is 5.78 Å². The van der Waals surface area contributed by atoms with E-state index in [9.17, 15) is 4.79 Å². The fraction of sp³-hybridized carbons (Fsp3) is 0.750. The van der Waals surface area contributed by atoms with E-state index in [-0.39, 0.29) is 0 Å². The zero-order chi connectivity index (χ0) is 14.5. The third kappa shape index (κ3) is 4.44. The molecule has 112 valence electrons. The molecule has 0 aromatic carbocycles. The van der Waals surface area contributed by atoms with Crippen molar-refractivity contribution in [1.29, 1.82) is 0 Å². The summed E-state index contributed by atoms with van der Waals surface area (Å²) in [6.07, 6.45) is 7.36. The molecule has 0 saturated carbocycles. The molecular formula is C16H27N3O. The molecule has 0 radical (unpaired) electrons. The molecule has 1 aromatic rings. The lowest BCUT2D eigenvalue weighted by atomic mass is 9.98. The van der Waals surface area contributed by atoms with E-state index in [1.807, 2.05) is 6.20 Å². The Hall–Kier alpha value is -1.16. The van der Waals surface area contributed by atoms with Crippen LogP contribution in [0.4, 0.5) is 0 Å². The van der Waals surface area contributed by atoms with Gasteiger partial charge in [0.15, 0.2) is 0 Å². The average molecular weight is 277 g/mol. The molecule has 2 rings (SSSR count). The topological polar surface area (TPSA) is 38.1 Å². The summed E-state index contributed by atoms with van der Waals surface area (Å²) in [4.78, 5) is 13.5. The van der Waals surface area contributed by atoms with E-state index >= 15 is 0 Å². The van der Waals surface area contributed by atoms with Crippen LogP contribution in [0.2, 0.25) is 0 Å². The average Bonchev–Trinajstić information content (AvgIpc) is 2.85. The van der Waals surface area contributed by atoms with Crippen LogP contribution in [0.1, 0.15) is 51.5 Å². The van der Waals surface area contributed by atoms with Crippen molar-refractivity contribution in [2.24, 2.45) is 5.92 Å². The molecule has 1 aliphatic rings. The highest BCUT2D eigenvalue weighted by Crippen LogP contribution is 2.19. The number of hydrogen-bond acceptors (Lipinski definition) is 3. The van der Waals surface area contributed by atoms with Gasteiger partial charge in [0.25, 0.3) is 0 Å². The van der Waals surface area contributed by atoms with Crippen molar-refractivity contribution in [1.82, 2.24) is 14.7 Å². The Kier molecular flexibility index (Phi) is 5.35. The van der Waals surface area contributed by atoms with Crippen LogP contribution in [0.3, 0.4) is 0 Å². The van der Waals surface area contributed by atoms with Crippen molar-refractivity contribution < 1.29 is 4.79 Å². The Morgan fingerprint density at radius 1 is 1.50 bits per heavy atom. The lowest BCUT2D eigenvalue weighted by Gasteiger charge is -2.32. The van der Waals surface area contributed by atoms with Crippen molar-refractivity contribution in [3.8, 4) is 0 Å². The Morgan fingerprint density at radius 3 is 2.95 bits per heavy atom. The number of piperidine rings is 1. The number of hydrogen-bond donors (Lipinski definition) is 0. The van der Waals surface area contributed by atoms with Crippen LogP contribution in [0.5, 0.6) is 0 Å². The highest BCUT2D eigenvalue weighted by Gasteiger charge is 2.20. The number of aromatic nitrogens is 2. The van der Waals surface area contributed by atoms with Crippen LogP contribution < -0.4 is 0 Å². The van der Waals surface area contributed by atoms with Crippen molar-refractivity contribution in [3.63, 3.8) is 0 Å². The predicted molar refractivity (Wildman–Crippen MR) is 80.8 cm³/mol. The van der Waals surface area contributed by atoms with Gasteiger partial charge in [0.2, 0.25) is 0 Å². The molecule has 0 aliphatic carbocycles. The summed E-state index contributed by atoms with van der Waals surface area (Å²) >= 11 is 0. The summed E-state index contributed by atoms with van der Waals surface area (Å²) in [7, 11) is 0. The molecule has 1 saturated heterocycles. The molecule has 0 amide bonds. The van der Waals surface area contributed by atoms with E-state index in [4.69, 9.17) is 0 Å². The molecule has 0 unspecified atom stereocenters. The maximum atomic E-state index is 11.1. The standard InChI is InChI=1S/C16H27N3O/c1-13(2)16-9-17-19(12-16)11-15-5-4-7-18(10-15)8-6-14(3)20/h9,12-13,15H,4-8,10-11H2,1-3H3/t15-/m1/s1. The molecule has 1 atom stereocenters. The largest absolute Gasteiger partial charge is 0.303 e. The Labute approximate surface area is 122 Å². The van der Waals surface area contributed by atoms with Crippen molar-refractivity contribution in [2.75, 3.05) is 19.6 Å². The van der Waals surface area contributed by atoms with Crippen molar-refractivity contribution in [2.45, 2.75) is 52.5 Å². The van der Waals surface area contributed by atoms with E-state index in [2.05, 4.69) is 34.7 Å².